The standard InChI is InChI=1S/C28H35NO4/c1-7-9-16-29-24(19-12-10-18(8-2)11-13-19)23(26(31)27(29)32)25(30)21-17-20(28(3,4)5)14-15-22(21)33-6/h10-15,17,24,30H,7-9,16H2,1-6H3/b25-23+. The Labute approximate surface area is 197 Å². The normalized spacial score (nSPS) is 18.1. The molecule has 2 aromatic carbocycles. The molecule has 176 valence electrons. The highest BCUT2D eigenvalue weighted by Crippen LogP contribution is 2.42. The minimum absolute atomic E-state index is 0.115. The zero-order chi connectivity index (χ0) is 24.3. The molecule has 0 aromatic heterocycles. The molecule has 1 unspecified atom stereocenters. The second kappa shape index (κ2) is 9.82. The summed E-state index contributed by atoms with van der Waals surface area (Å²) in [5.41, 5.74) is 3.36. The van der Waals surface area contributed by atoms with E-state index in [9.17, 15) is 14.7 Å². The van der Waals surface area contributed by atoms with Crippen LogP contribution in [0.1, 0.15) is 75.8 Å². The lowest BCUT2D eigenvalue weighted by molar-refractivity contribution is -0.139. The molecule has 5 nitrogen and oxygen atoms in total. The molecule has 1 saturated heterocycles. The smallest absolute Gasteiger partial charge is 0.295 e. The van der Waals surface area contributed by atoms with Gasteiger partial charge < -0.3 is 14.7 Å². The Kier molecular flexibility index (Phi) is 7.31. The fourth-order valence-electron chi connectivity index (χ4n) is 4.23. The lowest BCUT2D eigenvalue weighted by atomic mass is 9.85. The van der Waals surface area contributed by atoms with Crippen molar-refractivity contribution < 1.29 is 19.4 Å². The van der Waals surface area contributed by atoms with Gasteiger partial charge in [0.05, 0.1) is 24.3 Å². The van der Waals surface area contributed by atoms with E-state index < -0.39 is 17.7 Å². The molecule has 1 amide bonds. The van der Waals surface area contributed by atoms with Crippen LogP contribution in [-0.2, 0) is 21.4 Å². The maximum atomic E-state index is 13.2. The Morgan fingerprint density at radius 2 is 1.73 bits per heavy atom. The van der Waals surface area contributed by atoms with Gasteiger partial charge in [-0.1, -0.05) is 71.4 Å². The Balaban J connectivity index is 2.24. The molecule has 1 atom stereocenters. The maximum absolute atomic E-state index is 13.2. The van der Waals surface area contributed by atoms with Gasteiger partial charge in [-0.2, -0.15) is 0 Å². The van der Waals surface area contributed by atoms with E-state index in [-0.39, 0.29) is 16.7 Å². The molecular formula is C28H35NO4. The summed E-state index contributed by atoms with van der Waals surface area (Å²) in [5, 5.41) is 11.5. The molecular weight excluding hydrogens is 414 g/mol. The van der Waals surface area contributed by atoms with Crippen molar-refractivity contribution in [3.63, 3.8) is 0 Å². The maximum Gasteiger partial charge on any atom is 0.295 e. The number of aliphatic hydroxyl groups excluding tert-OH is 1. The zero-order valence-corrected chi connectivity index (χ0v) is 20.6. The molecule has 0 spiro atoms. The average molecular weight is 450 g/mol. The van der Waals surface area contributed by atoms with Gasteiger partial charge in [-0.25, -0.2) is 0 Å². The van der Waals surface area contributed by atoms with Crippen molar-refractivity contribution in [1.29, 1.82) is 0 Å². The highest BCUT2D eigenvalue weighted by molar-refractivity contribution is 6.46. The van der Waals surface area contributed by atoms with Crippen LogP contribution in [0, 0.1) is 0 Å². The number of likely N-dealkylation sites (tertiary alicyclic amines) is 1. The third-order valence-corrected chi connectivity index (χ3v) is 6.32. The van der Waals surface area contributed by atoms with Crippen LogP contribution in [0.4, 0.5) is 0 Å². The number of nitrogens with zero attached hydrogens (tertiary/aromatic N) is 1. The fourth-order valence-corrected chi connectivity index (χ4v) is 4.23. The summed E-state index contributed by atoms with van der Waals surface area (Å²) in [4.78, 5) is 27.9. The number of carbonyl (C=O) groups excluding carboxylic acids is 2. The number of aliphatic hydroxyl groups is 1. The minimum Gasteiger partial charge on any atom is -0.507 e. The van der Waals surface area contributed by atoms with Gasteiger partial charge in [-0.3, -0.25) is 9.59 Å². The minimum atomic E-state index is -0.656. The summed E-state index contributed by atoms with van der Waals surface area (Å²) >= 11 is 0. The van der Waals surface area contributed by atoms with Crippen LogP contribution in [0.2, 0.25) is 0 Å². The van der Waals surface area contributed by atoms with Crippen molar-refractivity contribution in [3.05, 3.63) is 70.3 Å². The molecule has 2 aromatic rings. The third-order valence-electron chi connectivity index (χ3n) is 6.32. The number of ketones is 1. The number of aryl methyl sites for hydroxylation is 1. The first-order valence-corrected chi connectivity index (χ1v) is 11.7. The highest BCUT2D eigenvalue weighted by Gasteiger charge is 2.46. The molecule has 1 aliphatic heterocycles. The van der Waals surface area contributed by atoms with Gasteiger partial charge >= 0.3 is 0 Å². The molecule has 33 heavy (non-hydrogen) atoms. The van der Waals surface area contributed by atoms with Crippen LogP contribution < -0.4 is 4.74 Å². The molecule has 1 fully saturated rings. The Morgan fingerprint density at radius 1 is 1.06 bits per heavy atom. The largest absolute Gasteiger partial charge is 0.507 e. The molecule has 3 rings (SSSR count). The molecule has 0 bridgehead atoms. The Bertz CT molecular complexity index is 1060. The number of carbonyl (C=O) groups is 2. The van der Waals surface area contributed by atoms with Crippen LogP contribution in [0.15, 0.2) is 48.0 Å². The predicted molar refractivity (Wildman–Crippen MR) is 131 cm³/mol. The van der Waals surface area contributed by atoms with E-state index in [0.29, 0.717) is 17.9 Å². The molecule has 0 aliphatic carbocycles. The first-order chi connectivity index (χ1) is 15.6. The van der Waals surface area contributed by atoms with Crippen molar-refractivity contribution in [3.8, 4) is 5.75 Å². The number of amides is 1. The van der Waals surface area contributed by atoms with Gasteiger partial charge in [0.2, 0.25) is 0 Å². The van der Waals surface area contributed by atoms with Crippen molar-refractivity contribution in [2.75, 3.05) is 13.7 Å². The monoisotopic (exact) mass is 449 g/mol. The quantitative estimate of drug-likeness (QED) is 0.331. The Morgan fingerprint density at radius 3 is 2.27 bits per heavy atom. The molecule has 0 saturated carbocycles. The number of Topliss-reactive ketones (excluding diaryl/α,β-unsaturated/α-hetero) is 1. The lowest BCUT2D eigenvalue weighted by Gasteiger charge is -2.26. The molecule has 1 heterocycles. The van der Waals surface area contributed by atoms with Crippen LogP contribution in [0.5, 0.6) is 5.75 Å². The van der Waals surface area contributed by atoms with Crippen molar-refractivity contribution in [1.82, 2.24) is 4.90 Å². The highest BCUT2D eigenvalue weighted by atomic mass is 16.5. The summed E-state index contributed by atoms with van der Waals surface area (Å²) in [6, 6.07) is 12.9. The van der Waals surface area contributed by atoms with E-state index >= 15 is 0 Å². The lowest BCUT2D eigenvalue weighted by Crippen LogP contribution is -2.30. The van der Waals surface area contributed by atoms with Crippen molar-refractivity contribution in [2.24, 2.45) is 0 Å². The van der Waals surface area contributed by atoms with Gasteiger partial charge in [-0.05, 0) is 47.1 Å². The number of unbranched alkanes of at least 4 members (excludes halogenated alkanes) is 1. The third kappa shape index (κ3) is 4.82. The summed E-state index contributed by atoms with van der Waals surface area (Å²) < 4.78 is 5.51. The number of rotatable bonds is 7. The van der Waals surface area contributed by atoms with Crippen LogP contribution >= 0.6 is 0 Å². The van der Waals surface area contributed by atoms with Gasteiger partial charge in [-0.15, -0.1) is 0 Å². The van der Waals surface area contributed by atoms with Gasteiger partial charge in [0.1, 0.15) is 11.5 Å². The van der Waals surface area contributed by atoms with E-state index in [4.69, 9.17) is 4.74 Å². The van der Waals surface area contributed by atoms with Crippen LogP contribution in [0.25, 0.3) is 5.76 Å². The van der Waals surface area contributed by atoms with Gasteiger partial charge in [0.25, 0.3) is 11.7 Å². The number of methoxy groups -OCH3 is 1. The number of ether oxygens (including phenoxy) is 1. The summed E-state index contributed by atoms with van der Waals surface area (Å²) in [5.74, 6) is -0.961. The fraction of sp³-hybridized carbons (Fsp3) is 0.429. The summed E-state index contributed by atoms with van der Waals surface area (Å²) in [6.07, 6.45) is 2.57. The summed E-state index contributed by atoms with van der Waals surface area (Å²) in [6.45, 7) is 10.8. The second-order valence-corrected chi connectivity index (χ2v) is 9.61. The molecule has 5 heteroatoms. The average Bonchev–Trinajstić information content (AvgIpc) is 3.06. The van der Waals surface area contributed by atoms with E-state index in [2.05, 4.69) is 27.7 Å². The molecule has 0 radical (unpaired) electrons. The first-order valence-electron chi connectivity index (χ1n) is 11.7. The van der Waals surface area contributed by atoms with Crippen molar-refractivity contribution >= 4 is 17.4 Å². The van der Waals surface area contributed by atoms with E-state index in [1.807, 2.05) is 43.3 Å². The zero-order valence-electron chi connectivity index (χ0n) is 20.6. The van der Waals surface area contributed by atoms with Crippen molar-refractivity contribution in [2.45, 2.75) is 65.3 Å². The van der Waals surface area contributed by atoms with E-state index in [1.54, 1.807) is 11.0 Å². The summed E-state index contributed by atoms with van der Waals surface area (Å²) in [7, 11) is 1.53. The number of hydrogen-bond donors (Lipinski definition) is 1. The van der Waals surface area contributed by atoms with Crippen LogP contribution in [0.3, 0.4) is 0 Å². The van der Waals surface area contributed by atoms with E-state index in [0.717, 1.165) is 30.4 Å². The predicted octanol–water partition coefficient (Wildman–Crippen LogP) is 5.78. The second-order valence-electron chi connectivity index (χ2n) is 9.61. The van der Waals surface area contributed by atoms with Gasteiger partial charge in [0.15, 0.2) is 0 Å². The van der Waals surface area contributed by atoms with Crippen LogP contribution in [-0.4, -0.2) is 35.4 Å². The topological polar surface area (TPSA) is 66.8 Å². The first kappa shape index (κ1) is 24.6. The van der Waals surface area contributed by atoms with E-state index in [1.165, 1.54) is 12.7 Å². The SMILES string of the molecule is CCCCN1C(=O)C(=O)/C(=C(/O)c2cc(C(C)(C)C)ccc2OC)C1c1ccc(CC)cc1. The number of benzene rings is 2. The molecule has 1 N–H and O–H groups in total. The van der Waals surface area contributed by atoms with Gasteiger partial charge in [0, 0.05) is 6.54 Å². The molecule has 1 aliphatic rings. The Hall–Kier alpha value is -3.08. The number of hydrogen-bond acceptors (Lipinski definition) is 4.